The van der Waals surface area contributed by atoms with Gasteiger partial charge in [-0.2, -0.15) is 0 Å². The van der Waals surface area contributed by atoms with E-state index in [4.69, 9.17) is 0 Å². The maximum absolute atomic E-state index is 11.4. The smallest absolute Gasteiger partial charge is 0.322 e. The number of aliphatic carboxylic acids is 1. The van der Waals surface area contributed by atoms with Gasteiger partial charge in [0.2, 0.25) is 0 Å². The molecule has 0 radical (unpaired) electrons. The molecule has 4 heteroatoms. The van der Waals surface area contributed by atoms with Crippen LogP contribution >= 0.6 is 0 Å². The number of carboxylic acids is 1. The molecule has 2 N–H and O–H groups in total. The summed E-state index contributed by atoms with van der Waals surface area (Å²) in [6.07, 6.45) is 3.81. The van der Waals surface area contributed by atoms with Crippen LogP contribution in [-0.4, -0.2) is 35.2 Å². The Kier molecular flexibility index (Phi) is 4.56. The molecule has 0 aromatic heterocycles. The van der Waals surface area contributed by atoms with E-state index in [0.29, 0.717) is 12.5 Å². The van der Waals surface area contributed by atoms with Gasteiger partial charge in [0.1, 0.15) is 6.04 Å². The van der Waals surface area contributed by atoms with Crippen LogP contribution in [0.3, 0.4) is 0 Å². The quantitative estimate of drug-likeness (QED) is 0.736. The van der Waals surface area contributed by atoms with Crippen LogP contribution in [0.5, 0.6) is 0 Å². The van der Waals surface area contributed by atoms with Crippen LogP contribution in [0.1, 0.15) is 30.9 Å². The molecule has 1 fully saturated rings. The Bertz CT molecular complexity index is 426. The van der Waals surface area contributed by atoms with Crippen LogP contribution in [-0.2, 0) is 17.6 Å². The number of rotatable bonds is 7. The summed E-state index contributed by atoms with van der Waals surface area (Å²) in [5.41, 5.74) is 5.57. The van der Waals surface area contributed by atoms with Gasteiger partial charge in [0, 0.05) is 13.1 Å². The molecule has 0 aliphatic heterocycles. The maximum Gasteiger partial charge on any atom is 0.322 e. The van der Waals surface area contributed by atoms with Gasteiger partial charge in [0.05, 0.1) is 0 Å². The molecule has 0 bridgehead atoms. The molecule has 104 valence electrons. The number of benzene rings is 1. The minimum absolute atomic E-state index is 0.467. The van der Waals surface area contributed by atoms with Crippen molar-refractivity contribution in [2.45, 2.75) is 44.7 Å². The first kappa shape index (κ1) is 14.0. The van der Waals surface area contributed by atoms with Crippen molar-refractivity contribution < 1.29 is 9.90 Å². The molecule has 0 unspecified atom stereocenters. The van der Waals surface area contributed by atoms with Crippen LogP contribution < -0.4 is 5.43 Å². The van der Waals surface area contributed by atoms with Gasteiger partial charge < -0.3 is 5.11 Å². The van der Waals surface area contributed by atoms with Gasteiger partial charge in [-0.05, 0) is 36.8 Å². The van der Waals surface area contributed by atoms with Crippen molar-refractivity contribution in [3.8, 4) is 0 Å². The topological polar surface area (TPSA) is 52.6 Å². The number of hydrogen-bond donors (Lipinski definition) is 2. The Morgan fingerprint density at radius 1 is 1.37 bits per heavy atom. The van der Waals surface area contributed by atoms with E-state index in [1.807, 2.05) is 19.2 Å². The summed E-state index contributed by atoms with van der Waals surface area (Å²) in [7, 11) is 1.82. The largest absolute Gasteiger partial charge is 0.480 e. The van der Waals surface area contributed by atoms with Gasteiger partial charge >= 0.3 is 5.97 Å². The van der Waals surface area contributed by atoms with Gasteiger partial charge in [-0.3, -0.25) is 10.2 Å². The second-order valence-corrected chi connectivity index (χ2v) is 5.24. The van der Waals surface area contributed by atoms with E-state index in [1.165, 1.54) is 5.56 Å². The Labute approximate surface area is 114 Å². The Morgan fingerprint density at radius 3 is 2.42 bits per heavy atom. The SMILES string of the molecule is CCc1ccc(C[C@@H](C(=O)O)N(C)NC2CC2)cc1. The highest BCUT2D eigenvalue weighted by Crippen LogP contribution is 2.20. The number of carboxylic acid groups (broad SMARTS) is 1. The van der Waals surface area contributed by atoms with Crippen molar-refractivity contribution in [1.29, 1.82) is 0 Å². The molecule has 1 aromatic carbocycles. The van der Waals surface area contributed by atoms with E-state index in [0.717, 1.165) is 24.8 Å². The van der Waals surface area contributed by atoms with Crippen molar-refractivity contribution in [2.24, 2.45) is 0 Å². The van der Waals surface area contributed by atoms with Crippen molar-refractivity contribution in [1.82, 2.24) is 10.4 Å². The number of nitrogens with one attached hydrogen (secondary N) is 1. The van der Waals surface area contributed by atoms with Gasteiger partial charge in [-0.1, -0.05) is 31.2 Å². The van der Waals surface area contributed by atoms with Crippen LogP contribution in [0.15, 0.2) is 24.3 Å². The average Bonchev–Trinajstić information content (AvgIpc) is 3.20. The first-order valence-electron chi connectivity index (χ1n) is 6.89. The molecule has 0 heterocycles. The lowest BCUT2D eigenvalue weighted by molar-refractivity contribution is -0.144. The minimum Gasteiger partial charge on any atom is -0.480 e. The second-order valence-electron chi connectivity index (χ2n) is 5.24. The van der Waals surface area contributed by atoms with Crippen molar-refractivity contribution in [2.75, 3.05) is 7.05 Å². The van der Waals surface area contributed by atoms with E-state index >= 15 is 0 Å². The predicted octanol–water partition coefficient (Wildman–Crippen LogP) is 1.84. The summed E-state index contributed by atoms with van der Waals surface area (Å²) in [6.45, 7) is 2.11. The molecular formula is C15H22N2O2. The molecule has 1 atom stereocenters. The maximum atomic E-state index is 11.4. The summed E-state index contributed by atoms with van der Waals surface area (Å²) in [5.74, 6) is -0.782. The number of nitrogens with zero attached hydrogens (tertiary/aromatic N) is 1. The lowest BCUT2D eigenvalue weighted by Gasteiger charge is -2.25. The van der Waals surface area contributed by atoms with E-state index in [2.05, 4.69) is 24.5 Å². The highest BCUT2D eigenvalue weighted by Gasteiger charge is 2.28. The molecule has 19 heavy (non-hydrogen) atoms. The summed E-state index contributed by atoms with van der Waals surface area (Å²) in [6, 6.07) is 8.15. The third-order valence-corrected chi connectivity index (χ3v) is 3.58. The fourth-order valence-electron chi connectivity index (χ4n) is 2.11. The number of aryl methyl sites for hydroxylation is 1. The summed E-state index contributed by atoms with van der Waals surface area (Å²) < 4.78 is 0. The fraction of sp³-hybridized carbons (Fsp3) is 0.533. The van der Waals surface area contributed by atoms with Crippen LogP contribution in [0.25, 0.3) is 0 Å². The highest BCUT2D eigenvalue weighted by molar-refractivity contribution is 5.73. The lowest BCUT2D eigenvalue weighted by atomic mass is 10.0. The van der Waals surface area contributed by atoms with Crippen LogP contribution in [0, 0.1) is 0 Å². The molecular weight excluding hydrogens is 240 g/mol. The number of hydrogen-bond acceptors (Lipinski definition) is 3. The monoisotopic (exact) mass is 262 g/mol. The third kappa shape index (κ3) is 4.04. The summed E-state index contributed by atoms with van der Waals surface area (Å²) in [5, 5.41) is 11.1. The van der Waals surface area contributed by atoms with Gasteiger partial charge in [-0.25, -0.2) is 5.01 Å². The van der Waals surface area contributed by atoms with E-state index in [-0.39, 0.29) is 0 Å². The Balaban J connectivity index is 1.99. The Morgan fingerprint density at radius 2 is 1.95 bits per heavy atom. The normalized spacial score (nSPS) is 16.6. The molecule has 4 nitrogen and oxygen atoms in total. The van der Waals surface area contributed by atoms with E-state index < -0.39 is 12.0 Å². The number of likely N-dealkylation sites (N-methyl/N-ethyl adjacent to an activating group) is 1. The second kappa shape index (κ2) is 6.17. The van der Waals surface area contributed by atoms with Crippen LogP contribution in [0.4, 0.5) is 0 Å². The zero-order valence-electron chi connectivity index (χ0n) is 11.6. The fourth-order valence-corrected chi connectivity index (χ4v) is 2.11. The van der Waals surface area contributed by atoms with Crippen molar-refractivity contribution in [3.63, 3.8) is 0 Å². The first-order chi connectivity index (χ1) is 9.10. The molecule has 0 amide bonds. The van der Waals surface area contributed by atoms with Gasteiger partial charge in [-0.15, -0.1) is 0 Å². The zero-order valence-corrected chi connectivity index (χ0v) is 11.6. The van der Waals surface area contributed by atoms with Crippen LogP contribution in [0.2, 0.25) is 0 Å². The third-order valence-electron chi connectivity index (χ3n) is 3.58. The molecule has 0 saturated heterocycles. The minimum atomic E-state index is -0.782. The number of carbonyl (C=O) groups is 1. The molecule has 1 aliphatic carbocycles. The predicted molar refractivity (Wildman–Crippen MR) is 74.9 cm³/mol. The lowest BCUT2D eigenvalue weighted by Crippen LogP contribution is -2.48. The van der Waals surface area contributed by atoms with Gasteiger partial charge in [0.15, 0.2) is 0 Å². The molecule has 0 spiro atoms. The first-order valence-corrected chi connectivity index (χ1v) is 6.89. The summed E-state index contributed by atoms with van der Waals surface area (Å²) >= 11 is 0. The molecule has 1 saturated carbocycles. The average molecular weight is 262 g/mol. The van der Waals surface area contributed by atoms with E-state index in [1.54, 1.807) is 5.01 Å². The molecule has 1 aromatic rings. The highest BCUT2D eigenvalue weighted by atomic mass is 16.4. The zero-order chi connectivity index (χ0) is 13.8. The van der Waals surface area contributed by atoms with Gasteiger partial charge in [0.25, 0.3) is 0 Å². The standard InChI is InChI=1S/C15H22N2O2/c1-3-11-4-6-12(7-5-11)10-14(15(18)19)17(2)16-13-8-9-13/h4-7,13-14,16H,3,8-10H2,1-2H3,(H,18,19)/t14-/m0/s1. The number of hydrazine groups is 1. The van der Waals surface area contributed by atoms with Crippen molar-refractivity contribution in [3.05, 3.63) is 35.4 Å². The summed E-state index contributed by atoms with van der Waals surface area (Å²) in [4.78, 5) is 11.4. The Hall–Kier alpha value is -1.39. The molecule has 2 rings (SSSR count). The molecule has 1 aliphatic rings. The van der Waals surface area contributed by atoms with E-state index in [9.17, 15) is 9.90 Å². The van der Waals surface area contributed by atoms with Crippen molar-refractivity contribution >= 4 is 5.97 Å².